The van der Waals surface area contributed by atoms with Crippen molar-refractivity contribution >= 4 is 33.3 Å². The molecule has 0 aromatic heterocycles. The van der Waals surface area contributed by atoms with Crippen molar-refractivity contribution in [1.29, 1.82) is 0 Å². The van der Waals surface area contributed by atoms with Gasteiger partial charge in [0.2, 0.25) is 0 Å². The molecule has 6 heteroatoms. The van der Waals surface area contributed by atoms with E-state index in [1.807, 2.05) is 22.6 Å². The molecule has 8 heavy (non-hydrogen) atoms. The summed E-state index contributed by atoms with van der Waals surface area (Å²) in [5.41, 5.74) is -1.89. The number of alkyl halides is 2. The topological polar surface area (TPSA) is 46.2 Å². The van der Waals surface area contributed by atoms with Crippen molar-refractivity contribution in [1.82, 2.24) is 5.32 Å². The van der Waals surface area contributed by atoms with Crippen molar-refractivity contribution in [3.05, 3.63) is 0 Å². The highest BCUT2D eigenvalue weighted by Gasteiger charge is 2.03. The molecule has 0 aliphatic carbocycles. The van der Waals surface area contributed by atoms with E-state index < -0.39 is 16.3 Å². The smallest absolute Gasteiger partial charge is 0.250 e. The third-order valence-electron chi connectivity index (χ3n) is 0.431. The van der Waals surface area contributed by atoms with Crippen molar-refractivity contribution < 1.29 is 12.8 Å². The van der Waals surface area contributed by atoms with Crippen LogP contribution in [0.3, 0.4) is 0 Å². The van der Waals surface area contributed by atoms with Gasteiger partial charge in [-0.3, -0.25) is 5.32 Å². The molecule has 0 radical (unpaired) electrons. The molecule has 0 fully saturated rings. The lowest BCUT2D eigenvalue weighted by atomic mass is 11.2. The van der Waals surface area contributed by atoms with E-state index in [4.69, 9.17) is 0 Å². The van der Waals surface area contributed by atoms with Crippen molar-refractivity contribution in [2.75, 3.05) is 4.55 Å². The zero-order valence-electron chi connectivity index (χ0n) is 3.80. The molecular weight excluding hydrogens is 248 g/mol. The standard InChI is InChI=1S/C2H5FINO2S/c3-2(5-1-4)8(6)7/h2,5,8H,1H2. The normalized spacial score (nSPS) is 14.4. The second-order valence-electron chi connectivity index (χ2n) is 0.959. The average molecular weight is 253 g/mol. The number of hydrogen-bond donors (Lipinski definition) is 2. The van der Waals surface area contributed by atoms with Gasteiger partial charge in [0.1, 0.15) is 0 Å². The highest BCUT2D eigenvalue weighted by atomic mass is 127. The van der Waals surface area contributed by atoms with Gasteiger partial charge in [-0.05, 0) is 0 Å². The molecule has 0 aliphatic rings. The Kier molecular flexibility index (Phi) is 4.77. The number of rotatable bonds is 3. The van der Waals surface area contributed by atoms with Crippen LogP contribution in [0.2, 0.25) is 0 Å². The maximum absolute atomic E-state index is 11.8. The van der Waals surface area contributed by atoms with Gasteiger partial charge < -0.3 is 0 Å². The largest absolute Gasteiger partial charge is 0.266 e. The Morgan fingerprint density at radius 3 is 2.38 bits per heavy atom. The van der Waals surface area contributed by atoms with Crippen molar-refractivity contribution in [3.8, 4) is 0 Å². The average Bonchev–Trinajstić information content (AvgIpc) is 1.67. The number of halogens is 2. The van der Waals surface area contributed by atoms with Crippen LogP contribution in [0.15, 0.2) is 0 Å². The van der Waals surface area contributed by atoms with Gasteiger partial charge in [0, 0.05) is 0 Å². The molecule has 0 spiro atoms. The SMILES string of the molecule is O=[SH](=O)C(F)NCI. The van der Waals surface area contributed by atoms with Crippen LogP contribution in [0.5, 0.6) is 0 Å². The minimum atomic E-state index is -2.95. The molecule has 0 aromatic rings. The summed E-state index contributed by atoms with van der Waals surface area (Å²) < 4.78 is 31.5. The highest BCUT2D eigenvalue weighted by molar-refractivity contribution is 14.1. The monoisotopic (exact) mass is 253 g/mol. The lowest BCUT2D eigenvalue weighted by Crippen LogP contribution is -2.23. The first-order chi connectivity index (χ1) is 3.68. The van der Waals surface area contributed by atoms with Crippen LogP contribution in [0.25, 0.3) is 0 Å². The Hall–Kier alpha value is 0.570. The molecule has 0 saturated carbocycles. The Morgan fingerprint density at radius 1 is 1.75 bits per heavy atom. The van der Waals surface area contributed by atoms with Crippen LogP contribution in [-0.4, -0.2) is 18.6 Å². The fraction of sp³-hybridized carbons (Fsp3) is 1.00. The molecule has 0 aromatic carbocycles. The summed E-state index contributed by atoms with van der Waals surface area (Å²) in [5.74, 6) is 0. The second kappa shape index (κ2) is 4.45. The molecule has 0 aliphatic heterocycles. The van der Waals surface area contributed by atoms with Crippen molar-refractivity contribution in [3.63, 3.8) is 0 Å². The van der Waals surface area contributed by atoms with Crippen LogP contribution >= 0.6 is 22.6 Å². The summed E-state index contributed by atoms with van der Waals surface area (Å²) in [6.45, 7) is 0. The predicted octanol–water partition coefficient (Wildman–Crippen LogP) is -0.167. The van der Waals surface area contributed by atoms with Crippen LogP contribution in [0.1, 0.15) is 0 Å². The van der Waals surface area contributed by atoms with Gasteiger partial charge in [-0.2, -0.15) is 0 Å². The van der Waals surface area contributed by atoms with E-state index in [0.29, 0.717) is 4.55 Å². The zero-order chi connectivity index (χ0) is 6.57. The van der Waals surface area contributed by atoms with E-state index in [0.717, 1.165) is 0 Å². The Morgan fingerprint density at radius 2 is 2.25 bits per heavy atom. The van der Waals surface area contributed by atoms with E-state index in [1.54, 1.807) is 0 Å². The Balaban J connectivity index is 3.48. The third kappa shape index (κ3) is 3.56. The predicted molar refractivity (Wildman–Crippen MR) is 37.2 cm³/mol. The van der Waals surface area contributed by atoms with Gasteiger partial charge in [0.05, 0.1) is 4.55 Å². The summed E-state index contributed by atoms with van der Waals surface area (Å²) in [7, 11) is -2.95. The minimum Gasteiger partial charge on any atom is -0.266 e. The molecule has 0 heterocycles. The first-order valence-electron chi connectivity index (χ1n) is 1.75. The lowest BCUT2D eigenvalue weighted by Gasteiger charge is -1.95. The first-order valence-corrected chi connectivity index (χ1v) is 4.52. The van der Waals surface area contributed by atoms with Gasteiger partial charge in [-0.25, -0.2) is 12.8 Å². The van der Waals surface area contributed by atoms with E-state index in [2.05, 4.69) is 5.32 Å². The maximum atomic E-state index is 11.8. The summed E-state index contributed by atoms with van der Waals surface area (Å²) >= 11 is 1.82. The summed E-state index contributed by atoms with van der Waals surface area (Å²) in [6.07, 6.45) is 0. The van der Waals surface area contributed by atoms with Crippen LogP contribution < -0.4 is 5.32 Å². The van der Waals surface area contributed by atoms with Gasteiger partial charge in [0.15, 0.2) is 10.7 Å². The summed E-state index contributed by atoms with van der Waals surface area (Å²) in [6, 6.07) is 0. The molecule has 0 amide bonds. The fourth-order valence-corrected chi connectivity index (χ4v) is 1.11. The van der Waals surface area contributed by atoms with Gasteiger partial charge in [-0.1, -0.05) is 22.6 Å². The quantitative estimate of drug-likeness (QED) is 0.318. The number of nitrogens with one attached hydrogen (secondary N) is 1. The van der Waals surface area contributed by atoms with Crippen molar-refractivity contribution in [2.45, 2.75) is 5.63 Å². The molecular formula is C2H5FINO2S. The molecule has 50 valence electrons. The third-order valence-corrected chi connectivity index (χ3v) is 1.42. The van der Waals surface area contributed by atoms with E-state index >= 15 is 0 Å². The fourth-order valence-electron chi connectivity index (χ4n) is 0.138. The van der Waals surface area contributed by atoms with E-state index in [9.17, 15) is 12.8 Å². The first kappa shape index (κ1) is 8.57. The van der Waals surface area contributed by atoms with Crippen LogP contribution in [-0.2, 0) is 10.7 Å². The maximum Gasteiger partial charge on any atom is 0.250 e. The molecule has 1 N–H and O–H groups in total. The molecule has 0 rings (SSSR count). The Bertz CT molecular complexity index is 119. The molecule has 0 bridgehead atoms. The van der Waals surface area contributed by atoms with Gasteiger partial charge >= 0.3 is 0 Å². The van der Waals surface area contributed by atoms with Crippen molar-refractivity contribution in [2.24, 2.45) is 0 Å². The molecule has 1 unspecified atom stereocenters. The molecule has 1 atom stereocenters. The lowest BCUT2D eigenvalue weighted by molar-refractivity contribution is 0.385. The Labute approximate surface area is 61.7 Å². The van der Waals surface area contributed by atoms with Crippen LogP contribution in [0.4, 0.5) is 4.39 Å². The number of hydrogen-bond acceptors (Lipinski definition) is 3. The highest BCUT2D eigenvalue weighted by Crippen LogP contribution is 1.85. The molecule has 0 saturated heterocycles. The van der Waals surface area contributed by atoms with Gasteiger partial charge in [0.25, 0.3) is 5.63 Å². The van der Waals surface area contributed by atoms with Gasteiger partial charge in [-0.15, -0.1) is 0 Å². The van der Waals surface area contributed by atoms with E-state index in [-0.39, 0.29) is 0 Å². The van der Waals surface area contributed by atoms with Crippen LogP contribution in [0, 0.1) is 0 Å². The van der Waals surface area contributed by atoms with E-state index in [1.165, 1.54) is 0 Å². The second-order valence-corrected chi connectivity index (χ2v) is 2.75. The number of thiol groups is 1. The minimum absolute atomic E-state index is 0.294. The summed E-state index contributed by atoms with van der Waals surface area (Å²) in [5, 5.41) is 2.07. The summed E-state index contributed by atoms with van der Waals surface area (Å²) in [4.78, 5) is 0. The zero-order valence-corrected chi connectivity index (χ0v) is 6.86. The molecule has 3 nitrogen and oxygen atoms in total.